The molecule has 1 saturated heterocycles. The monoisotopic (exact) mass is 349 g/mol. The average molecular weight is 350 g/mol. The van der Waals surface area contributed by atoms with Crippen molar-refractivity contribution in [1.82, 2.24) is 10.2 Å². The fraction of sp³-hybridized carbons (Fsp3) is 0.471. The van der Waals surface area contributed by atoms with E-state index in [2.05, 4.69) is 10.6 Å². The Kier molecular flexibility index (Phi) is 4.03. The molecule has 1 aromatic carbocycles. The number of rotatable bonds is 4. The van der Waals surface area contributed by atoms with Gasteiger partial charge in [0.25, 0.3) is 5.91 Å². The molecule has 0 aromatic heterocycles. The Morgan fingerprint density at radius 2 is 2.04 bits per heavy atom. The summed E-state index contributed by atoms with van der Waals surface area (Å²) in [7, 11) is 0. The Bertz CT molecular complexity index is 722. The number of hydrogen-bond donors (Lipinski definition) is 2. The summed E-state index contributed by atoms with van der Waals surface area (Å²) in [4.78, 5) is 37.9. The zero-order chi connectivity index (χ0) is 17.6. The zero-order valence-corrected chi connectivity index (χ0v) is 14.7. The number of benzene rings is 1. The Morgan fingerprint density at radius 3 is 2.62 bits per heavy atom. The Hall–Kier alpha value is -2.08. The van der Waals surface area contributed by atoms with Crippen molar-refractivity contribution in [3.63, 3.8) is 0 Å². The predicted octanol–water partition coefficient (Wildman–Crippen LogP) is 2.62. The minimum Gasteiger partial charge on any atom is -0.323 e. The number of nitrogens with one attached hydrogen (secondary N) is 2. The smallest absolute Gasteiger partial charge is 0.323 e. The molecule has 24 heavy (non-hydrogen) atoms. The van der Waals surface area contributed by atoms with Crippen LogP contribution in [0.2, 0.25) is 5.02 Å². The van der Waals surface area contributed by atoms with Crippen LogP contribution in [0.1, 0.15) is 30.9 Å². The molecule has 7 heteroatoms. The molecule has 1 saturated carbocycles. The number of halogens is 1. The number of hydrogen-bond acceptors (Lipinski definition) is 3. The van der Waals surface area contributed by atoms with Gasteiger partial charge in [-0.15, -0.1) is 0 Å². The highest BCUT2D eigenvalue weighted by Crippen LogP contribution is 2.42. The third-order valence-electron chi connectivity index (χ3n) is 4.69. The van der Waals surface area contributed by atoms with Crippen LogP contribution in [0.25, 0.3) is 0 Å². The quantitative estimate of drug-likeness (QED) is 0.820. The van der Waals surface area contributed by atoms with Gasteiger partial charge in [-0.3, -0.25) is 14.5 Å². The lowest BCUT2D eigenvalue weighted by Gasteiger charge is -2.21. The molecule has 1 aliphatic heterocycles. The number of carbonyl (C=O) groups is 3. The molecule has 128 valence electrons. The van der Waals surface area contributed by atoms with Crippen LogP contribution < -0.4 is 10.6 Å². The summed E-state index contributed by atoms with van der Waals surface area (Å²) in [6.07, 6.45) is 1.83. The van der Waals surface area contributed by atoms with E-state index in [-0.39, 0.29) is 18.4 Å². The van der Waals surface area contributed by atoms with E-state index in [0.717, 1.165) is 28.9 Å². The molecular formula is C17H20ClN3O3. The van der Waals surface area contributed by atoms with Gasteiger partial charge >= 0.3 is 6.03 Å². The lowest BCUT2D eigenvalue weighted by atomic mass is 9.96. The third-order valence-corrected chi connectivity index (χ3v) is 4.99. The second-order valence-corrected chi connectivity index (χ2v) is 7.19. The van der Waals surface area contributed by atoms with E-state index >= 15 is 0 Å². The van der Waals surface area contributed by atoms with Crippen molar-refractivity contribution < 1.29 is 14.4 Å². The highest BCUT2D eigenvalue weighted by molar-refractivity contribution is 6.34. The molecule has 3 rings (SSSR count). The summed E-state index contributed by atoms with van der Waals surface area (Å²) in [6, 6.07) is 3.14. The third kappa shape index (κ3) is 2.86. The molecule has 0 spiro atoms. The molecule has 0 bridgehead atoms. The van der Waals surface area contributed by atoms with Crippen LogP contribution in [-0.2, 0) is 9.59 Å². The van der Waals surface area contributed by atoms with Crippen LogP contribution in [0.5, 0.6) is 0 Å². The Labute approximate surface area is 145 Å². The first-order valence-electron chi connectivity index (χ1n) is 7.93. The molecule has 1 heterocycles. The molecule has 4 amide bonds. The van der Waals surface area contributed by atoms with E-state index in [1.54, 1.807) is 13.0 Å². The van der Waals surface area contributed by atoms with Gasteiger partial charge in [-0.05, 0) is 56.7 Å². The van der Waals surface area contributed by atoms with E-state index in [0.29, 0.717) is 10.7 Å². The molecule has 6 nitrogen and oxygen atoms in total. The zero-order valence-electron chi connectivity index (χ0n) is 13.9. The van der Waals surface area contributed by atoms with Gasteiger partial charge in [-0.1, -0.05) is 17.7 Å². The number of amides is 4. The molecular weight excluding hydrogens is 330 g/mol. The highest BCUT2D eigenvalue weighted by Gasteiger charge is 2.56. The molecule has 1 atom stereocenters. The van der Waals surface area contributed by atoms with Crippen LogP contribution in [0.15, 0.2) is 12.1 Å². The lowest BCUT2D eigenvalue weighted by Crippen LogP contribution is -2.46. The minimum absolute atomic E-state index is 0.163. The maximum atomic E-state index is 12.5. The van der Waals surface area contributed by atoms with Crippen LogP contribution in [0, 0.1) is 19.8 Å². The molecule has 1 aliphatic carbocycles. The van der Waals surface area contributed by atoms with Crippen LogP contribution in [0.4, 0.5) is 10.5 Å². The Morgan fingerprint density at radius 1 is 1.38 bits per heavy atom. The minimum atomic E-state index is -0.880. The maximum absolute atomic E-state index is 12.5. The molecule has 1 unspecified atom stereocenters. The standard InChI is InChI=1S/C17H20ClN3O3/c1-9-6-10(2)14(12(18)7-9)19-13(22)8-21-15(23)17(3,11-4-5-11)20-16(21)24/h6-7,11H,4-5,8H2,1-3H3,(H,19,22)(H,20,24). The first-order valence-corrected chi connectivity index (χ1v) is 8.31. The fourth-order valence-corrected chi connectivity index (χ4v) is 3.56. The van der Waals surface area contributed by atoms with E-state index in [1.165, 1.54) is 0 Å². The summed E-state index contributed by atoms with van der Waals surface area (Å²) in [6.45, 7) is 5.16. The van der Waals surface area contributed by atoms with E-state index in [9.17, 15) is 14.4 Å². The number of nitrogens with zero attached hydrogens (tertiary/aromatic N) is 1. The lowest BCUT2D eigenvalue weighted by molar-refractivity contribution is -0.134. The number of urea groups is 1. The molecule has 2 fully saturated rings. The van der Waals surface area contributed by atoms with Crippen molar-refractivity contribution >= 4 is 35.1 Å². The van der Waals surface area contributed by atoms with Crippen molar-refractivity contribution in [2.24, 2.45) is 5.92 Å². The molecule has 1 aromatic rings. The van der Waals surface area contributed by atoms with Gasteiger partial charge in [0.05, 0.1) is 10.7 Å². The molecule has 2 N–H and O–H groups in total. The fourth-order valence-electron chi connectivity index (χ4n) is 3.19. The summed E-state index contributed by atoms with van der Waals surface area (Å²) in [5.74, 6) is -0.625. The van der Waals surface area contributed by atoms with Crippen molar-refractivity contribution in [1.29, 1.82) is 0 Å². The van der Waals surface area contributed by atoms with E-state index < -0.39 is 17.5 Å². The highest BCUT2D eigenvalue weighted by atomic mass is 35.5. The summed E-state index contributed by atoms with van der Waals surface area (Å²) >= 11 is 6.17. The van der Waals surface area contributed by atoms with Gasteiger partial charge < -0.3 is 10.6 Å². The maximum Gasteiger partial charge on any atom is 0.325 e. The normalized spacial score (nSPS) is 23.4. The van der Waals surface area contributed by atoms with Crippen LogP contribution in [0.3, 0.4) is 0 Å². The number of carbonyl (C=O) groups excluding carboxylic acids is 3. The van der Waals surface area contributed by atoms with E-state index in [4.69, 9.17) is 11.6 Å². The van der Waals surface area contributed by atoms with Gasteiger partial charge in [0.2, 0.25) is 5.91 Å². The van der Waals surface area contributed by atoms with E-state index in [1.807, 2.05) is 19.9 Å². The summed E-state index contributed by atoms with van der Waals surface area (Å²) in [5, 5.41) is 5.86. The van der Waals surface area contributed by atoms with Gasteiger partial charge in [-0.25, -0.2) is 4.79 Å². The van der Waals surface area contributed by atoms with Crippen molar-refractivity contribution in [2.75, 3.05) is 11.9 Å². The largest absolute Gasteiger partial charge is 0.325 e. The number of aryl methyl sites for hydroxylation is 2. The molecule has 2 aliphatic rings. The van der Waals surface area contributed by atoms with Gasteiger partial charge in [0.1, 0.15) is 12.1 Å². The second kappa shape index (κ2) is 5.77. The predicted molar refractivity (Wildman–Crippen MR) is 90.9 cm³/mol. The first kappa shape index (κ1) is 16.8. The van der Waals surface area contributed by atoms with Gasteiger partial charge in [0.15, 0.2) is 0 Å². The van der Waals surface area contributed by atoms with Gasteiger partial charge in [-0.2, -0.15) is 0 Å². The SMILES string of the molecule is Cc1cc(C)c(NC(=O)CN2C(=O)NC(C)(C3CC3)C2=O)c(Cl)c1. The topological polar surface area (TPSA) is 78.5 Å². The molecule has 0 radical (unpaired) electrons. The van der Waals surface area contributed by atoms with Crippen molar-refractivity contribution in [2.45, 2.75) is 39.2 Å². The Balaban J connectivity index is 1.72. The van der Waals surface area contributed by atoms with Crippen molar-refractivity contribution in [3.8, 4) is 0 Å². The average Bonchev–Trinajstić information content (AvgIpc) is 3.29. The summed E-state index contributed by atoms with van der Waals surface area (Å²) in [5.41, 5.74) is 1.44. The summed E-state index contributed by atoms with van der Waals surface area (Å²) < 4.78 is 0. The first-order chi connectivity index (χ1) is 11.2. The van der Waals surface area contributed by atoms with Gasteiger partial charge in [0, 0.05) is 0 Å². The van der Waals surface area contributed by atoms with Crippen molar-refractivity contribution in [3.05, 3.63) is 28.3 Å². The van der Waals surface area contributed by atoms with Crippen LogP contribution >= 0.6 is 11.6 Å². The number of imide groups is 1. The second-order valence-electron chi connectivity index (χ2n) is 6.78. The van der Waals surface area contributed by atoms with Crippen LogP contribution in [-0.4, -0.2) is 34.8 Å². The number of anilines is 1.